The molecule has 2 heterocycles. The second-order valence-corrected chi connectivity index (χ2v) is 11.3. The largest absolute Gasteiger partial charge is 0.381 e. The van der Waals surface area contributed by atoms with Crippen LogP contribution in [0.15, 0.2) is 29.2 Å². The number of carbonyl (C=O) groups is 1. The van der Waals surface area contributed by atoms with Gasteiger partial charge in [0.05, 0.1) is 17.0 Å². The maximum Gasteiger partial charge on any atom is 0.240 e. The Bertz CT molecular complexity index is 878. The third-order valence-corrected chi connectivity index (χ3v) is 8.87. The van der Waals surface area contributed by atoms with Crippen molar-refractivity contribution in [3.63, 3.8) is 0 Å². The average molecular weight is 465 g/mol. The third kappa shape index (κ3) is 5.51. The van der Waals surface area contributed by atoms with Gasteiger partial charge in [-0.15, -0.1) is 0 Å². The number of hydrogen-bond acceptors (Lipinski definition) is 6. The number of ether oxygens (including phenoxy) is 1. The first kappa shape index (κ1) is 23.6. The van der Waals surface area contributed by atoms with E-state index in [0.29, 0.717) is 24.9 Å². The molecule has 178 valence electrons. The van der Waals surface area contributed by atoms with Crippen LogP contribution in [0.4, 0.5) is 0 Å². The van der Waals surface area contributed by atoms with Gasteiger partial charge in [-0.3, -0.25) is 4.79 Å². The Labute approximate surface area is 191 Å². The summed E-state index contributed by atoms with van der Waals surface area (Å²) in [7, 11) is -1.93. The molecule has 3 aliphatic rings. The van der Waals surface area contributed by atoms with Crippen LogP contribution in [0, 0.1) is 11.8 Å². The van der Waals surface area contributed by atoms with Gasteiger partial charge < -0.3 is 20.7 Å². The second kappa shape index (κ2) is 10.2. The van der Waals surface area contributed by atoms with Crippen molar-refractivity contribution in [1.29, 1.82) is 0 Å². The van der Waals surface area contributed by atoms with Gasteiger partial charge >= 0.3 is 0 Å². The van der Waals surface area contributed by atoms with Gasteiger partial charge in [0.2, 0.25) is 15.9 Å². The highest BCUT2D eigenvalue weighted by atomic mass is 32.2. The number of rotatable bonds is 7. The summed E-state index contributed by atoms with van der Waals surface area (Å²) >= 11 is 0. The predicted octanol–water partition coefficient (Wildman–Crippen LogP) is 1.12. The van der Waals surface area contributed by atoms with Gasteiger partial charge in [-0.2, -0.15) is 0 Å². The van der Waals surface area contributed by atoms with Crippen molar-refractivity contribution in [2.45, 2.75) is 74.7 Å². The third-order valence-electron chi connectivity index (χ3n) is 7.37. The van der Waals surface area contributed by atoms with Gasteiger partial charge in [0.15, 0.2) is 0 Å². The number of benzene rings is 1. The number of piperidine rings is 1. The van der Waals surface area contributed by atoms with E-state index in [1.54, 1.807) is 31.4 Å². The molecule has 1 aliphatic carbocycles. The minimum Gasteiger partial charge on any atom is -0.381 e. The van der Waals surface area contributed by atoms with Crippen molar-refractivity contribution in [2.75, 3.05) is 20.2 Å². The maximum atomic E-state index is 12.9. The lowest BCUT2D eigenvalue weighted by Crippen LogP contribution is -2.45. The monoisotopic (exact) mass is 464 g/mol. The molecule has 1 aromatic rings. The molecule has 6 atom stereocenters. The summed E-state index contributed by atoms with van der Waals surface area (Å²) in [6, 6.07) is 6.90. The van der Waals surface area contributed by atoms with E-state index in [-0.39, 0.29) is 34.9 Å². The van der Waals surface area contributed by atoms with Gasteiger partial charge in [0.25, 0.3) is 0 Å². The lowest BCUT2D eigenvalue weighted by molar-refractivity contribution is -0.123. The van der Waals surface area contributed by atoms with Gasteiger partial charge in [-0.25, -0.2) is 13.1 Å². The first-order valence-corrected chi connectivity index (χ1v) is 13.2. The average Bonchev–Trinajstić information content (AvgIpc) is 3.23. The first-order chi connectivity index (χ1) is 15.4. The van der Waals surface area contributed by atoms with Crippen LogP contribution < -0.4 is 20.7 Å². The lowest BCUT2D eigenvalue weighted by atomic mass is 9.85. The number of methoxy groups -OCH3 is 1. The molecule has 8 nitrogen and oxygen atoms in total. The topological polar surface area (TPSA) is 109 Å². The fourth-order valence-electron chi connectivity index (χ4n) is 5.23. The van der Waals surface area contributed by atoms with E-state index in [4.69, 9.17) is 4.74 Å². The number of sulfonamides is 1. The van der Waals surface area contributed by atoms with Crippen LogP contribution in [0.25, 0.3) is 0 Å². The van der Waals surface area contributed by atoms with Crippen molar-refractivity contribution in [3.8, 4) is 0 Å². The number of hydrogen-bond donors (Lipinski definition) is 4. The number of fused-ring (bicyclic) bond motifs is 1. The normalized spacial score (nSPS) is 32.9. The second-order valence-electron chi connectivity index (χ2n) is 9.55. The molecule has 0 aromatic heterocycles. The summed E-state index contributed by atoms with van der Waals surface area (Å²) in [5, 5.41) is 9.84. The van der Waals surface area contributed by atoms with Crippen molar-refractivity contribution < 1.29 is 17.9 Å². The molecule has 4 N–H and O–H groups in total. The van der Waals surface area contributed by atoms with E-state index >= 15 is 0 Å². The Morgan fingerprint density at radius 2 is 1.94 bits per heavy atom. The fraction of sp³-hybridized carbons (Fsp3) is 0.696. The minimum atomic E-state index is -3.61. The fourth-order valence-corrected chi connectivity index (χ4v) is 6.59. The summed E-state index contributed by atoms with van der Waals surface area (Å²) in [6.07, 6.45) is 4.61. The molecule has 0 spiro atoms. The Morgan fingerprint density at radius 1 is 1.16 bits per heavy atom. The zero-order chi connectivity index (χ0) is 22.7. The summed E-state index contributed by atoms with van der Waals surface area (Å²) in [5.74, 6) is 0.800. The first-order valence-electron chi connectivity index (χ1n) is 11.7. The Hall–Kier alpha value is -1.52. The van der Waals surface area contributed by atoms with E-state index < -0.39 is 10.0 Å². The summed E-state index contributed by atoms with van der Waals surface area (Å²) in [4.78, 5) is 12.8. The van der Waals surface area contributed by atoms with Crippen LogP contribution >= 0.6 is 0 Å². The molecule has 32 heavy (non-hydrogen) atoms. The van der Waals surface area contributed by atoms with E-state index in [2.05, 4.69) is 27.6 Å². The van der Waals surface area contributed by atoms with Crippen molar-refractivity contribution >= 4 is 15.9 Å². The van der Waals surface area contributed by atoms with E-state index in [1.165, 1.54) is 0 Å². The van der Waals surface area contributed by atoms with E-state index in [0.717, 1.165) is 44.3 Å². The molecule has 3 fully saturated rings. The molecule has 0 bridgehead atoms. The van der Waals surface area contributed by atoms with Crippen LogP contribution in [0.1, 0.15) is 44.6 Å². The molecule has 2 saturated heterocycles. The molecular formula is C23H36N4O4S. The van der Waals surface area contributed by atoms with Crippen molar-refractivity contribution in [2.24, 2.45) is 11.8 Å². The molecule has 0 radical (unpaired) electrons. The van der Waals surface area contributed by atoms with Crippen LogP contribution in [0.5, 0.6) is 0 Å². The van der Waals surface area contributed by atoms with Crippen LogP contribution in [0.2, 0.25) is 0 Å². The molecule has 1 saturated carbocycles. The van der Waals surface area contributed by atoms with Gasteiger partial charge in [-0.1, -0.05) is 19.1 Å². The Balaban J connectivity index is 1.30. The summed E-state index contributed by atoms with van der Waals surface area (Å²) in [6.45, 7) is 4.43. The zero-order valence-electron chi connectivity index (χ0n) is 19.0. The number of carbonyl (C=O) groups excluding carboxylic acids is 1. The Morgan fingerprint density at radius 3 is 2.66 bits per heavy atom. The summed E-state index contributed by atoms with van der Waals surface area (Å²) in [5.41, 5.74) is 0.875. The predicted molar refractivity (Wildman–Crippen MR) is 123 cm³/mol. The smallest absolute Gasteiger partial charge is 0.240 e. The van der Waals surface area contributed by atoms with Crippen LogP contribution in [-0.2, 0) is 26.1 Å². The van der Waals surface area contributed by atoms with E-state index in [1.807, 2.05) is 0 Å². The summed E-state index contributed by atoms with van der Waals surface area (Å²) < 4.78 is 34.1. The number of nitrogens with one attached hydrogen (secondary N) is 4. The van der Waals surface area contributed by atoms with Crippen LogP contribution in [0.3, 0.4) is 0 Å². The zero-order valence-corrected chi connectivity index (χ0v) is 19.8. The lowest BCUT2D eigenvalue weighted by Gasteiger charge is -2.33. The van der Waals surface area contributed by atoms with Gasteiger partial charge in [0, 0.05) is 25.7 Å². The van der Waals surface area contributed by atoms with Crippen LogP contribution in [-0.4, -0.2) is 58.8 Å². The molecule has 6 unspecified atom stereocenters. The number of amides is 1. The molecule has 4 rings (SSSR count). The Kier molecular flexibility index (Phi) is 7.51. The van der Waals surface area contributed by atoms with E-state index in [9.17, 15) is 13.2 Å². The minimum absolute atomic E-state index is 0.0109. The quantitative estimate of drug-likeness (QED) is 0.482. The van der Waals surface area contributed by atoms with Gasteiger partial charge in [-0.05, 0) is 74.7 Å². The van der Waals surface area contributed by atoms with Crippen molar-refractivity contribution in [1.82, 2.24) is 20.7 Å². The molecule has 1 aromatic carbocycles. The molecule has 1 amide bonds. The SMILES string of the molecule is COC1CCC(C)C(NS(=O)(=O)c2ccc(CNC(=O)C3CC4CNCCC4N3)cc2)C1. The van der Waals surface area contributed by atoms with Gasteiger partial charge in [0.1, 0.15) is 0 Å². The molecular weight excluding hydrogens is 428 g/mol. The standard InChI is InChI=1S/C23H36N4O4S/c1-15-3-6-18(31-2)12-21(15)27-32(29,30)19-7-4-16(5-8-19)13-25-23(28)22-11-17-14-24-10-9-20(17)26-22/h4-5,7-8,15,17-18,20-22,24,26-27H,3,6,9-14H2,1-2H3,(H,25,28). The highest BCUT2D eigenvalue weighted by Crippen LogP contribution is 2.27. The highest BCUT2D eigenvalue weighted by molar-refractivity contribution is 7.89. The molecule has 9 heteroatoms. The molecule has 2 aliphatic heterocycles. The van der Waals surface area contributed by atoms with Crippen molar-refractivity contribution in [3.05, 3.63) is 29.8 Å². The maximum absolute atomic E-state index is 12.9. The highest BCUT2D eigenvalue weighted by Gasteiger charge is 2.38.